The standard InChI is InChI=1S/C20H40N4O2/c1-3-21-20(22-10-4-12-24-13-6-18(2)7-14-24)23-11-5-15-26-19-8-16-25-17-9-19/h18-19H,3-17H2,1-2H3,(H2,21,22,23). The quantitative estimate of drug-likeness (QED) is 0.352. The number of nitrogens with zero attached hydrogens (tertiary/aromatic N) is 2. The largest absolute Gasteiger partial charge is 0.381 e. The molecule has 2 aliphatic rings. The van der Waals surface area contributed by atoms with Gasteiger partial charge < -0.3 is 25.0 Å². The molecule has 0 radical (unpaired) electrons. The van der Waals surface area contributed by atoms with Gasteiger partial charge in [-0.3, -0.25) is 4.99 Å². The number of nitrogens with one attached hydrogen (secondary N) is 2. The van der Waals surface area contributed by atoms with Gasteiger partial charge in [-0.2, -0.15) is 0 Å². The number of hydrogen-bond donors (Lipinski definition) is 2. The highest BCUT2D eigenvalue weighted by atomic mass is 16.5. The fraction of sp³-hybridized carbons (Fsp3) is 0.950. The molecule has 0 atom stereocenters. The maximum Gasteiger partial charge on any atom is 0.191 e. The molecule has 2 fully saturated rings. The van der Waals surface area contributed by atoms with Crippen LogP contribution in [0.15, 0.2) is 4.99 Å². The van der Waals surface area contributed by atoms with E-state index in [2.05, 4.69) is 34.4 Å². The summed E-state index contributed by atoms with van der Waals surface area (Å²) < 4.78 is 11.3. The van der Waals surface area contributed by atoms with E-state index in [0.29, 0.717) is 6.10 Å². The topological polar surface area (TPSA) is 58.1 Å². The van der Waals surface area contributed by atoms with Gasteiger partial charge in [0.2, 0.25) is 0 Å². The Morgan fingerprint density at radius 2 is 1.88 bits per heavy atom. The molecule has 6 nitrogen and oxygen atoms in total. The van der Waals surface area contributed by atoms with Crippen molar-refractivity contribution in [2.24, 2.45) is 10.9 Å². The lowest BCUT2D eigenvalue weighted by Gasteiger charge is -2.30. The van der Waals surface area contributed by atoms with Crippen molar-refractivity contribution in [1.29, 1.82) is 0 Å². The fourth-order valence-corrected chi connectivity index (χ4v) is 3.48. The number of piperidine rings is 1. The summed E-state index contributed by atoms with van der Waals surface area (Å²) in [5.41, 5.74) is 0. The molecule has 0 amide bonds. The third kappa shape index (κ3) is 9.19. The molecule has 0 aromatic heterocycles. The first-order valence-electron chi connectivity index (χ1n) is 10.7. The summed E-state index contributed by atoms with van der Waals surface area (Å²) in [5.74, 6) is 1.85. The van der Waals surface area contributed by atoms with Crippen LogP contribution in [0.25, 0.3) is 0 Å². The predicted molar refractivity (Wildman–Crippen MR) is 108 cm³/mol. The van der Waals surface area contributed by atoms with Crippen LogP contribution in [-0.2, 0) is 9.47 Å². The van der Waals surface area contributed by atoms with E-state index >= 15 is 0 Å². The minimum atomic E-state index is 0.386. The van der Waals surface area contributed by atoms with Crippen molar-refractivity contribution in [2.75, 3.05) is 59.1 Å². The summed E-state index contributed by atoms with van der Waals surface area (Å²) in [6.45, 7) is 13.4. The van der Waals surface area contributed by atoms with Gasteiger partial charge in [0.05, 0.1) is 6.10 Å². The molecule has 0 saturated carbocycles. The zero-order valence-electron chi connectivity index (χ0n) is 17.0. The van der Waals surface area contributed by atoms with Crippen LogP contribution >= 0.6 is 0 Å². The summed E-state index contributed by atoms with van der Waals surface area (Å²) in [5, 5.41) is 6.80. The molecule has 0 unspecified atom stereocenters. The highest BCUT2D eigenvalue weighted by Gasteiger charge is 2.15. The molecule has 0 aromatic rings. The Morgan fingerprint density at radius 1 is 1.12 bits per heavy atom. The summed E-state index contributed by atoms with van der Waals surface area (Å²) in [6.07, 6.45) is 7.30. The van der Waals surface area contributed by atoms with E-state index in [9.17, 15) is 0 Å². The fourth-order valence-electron chi connectivity index (χ4n) is 3.48. The second-order valence-electron chi connectivity index (χ2n) is 7.60. The highest BCUT2D eigenvalue weighted by Crippen LogP contribution is 2.15. The average Bonchev–Trinajstić information content (AvgIpc) is 2.67. The molecule has 0 spiro atoms. The maximum atomic E-state index is 5.90. The molecule has 2 aliphatic heterocycles. The van der Waals surface area contributed by atoms with Crippen molar-refractivity contribution < 1.29 is 9.47 Å². The van der Waals surface area contributed by atoms with Crippen molar-refractivity contribution >= 4 is 5.96 Å². The molecule has 6 heteroatoms. The SMILES string of the molecule is CCNC(=NCCCOC1CCOCC1)NCCCN1CCC(C)CC1. The zero-order valence-corrected chi connectivity index (χ0v) is 17.0. The Kier molecular flexibility index (Phi) is 11.0. The molecule has 0 aliphatic carbocycles. The average molecular weight is 369 g/mol. The smallest absolute Gasteiger partial charge is 0.191 e. The highest BCUT2D eigenvalue weighted by molar-refractivity contribution is 5.79. The molecule has 2 rings (SSSR count). The van der Waals surface area contributed by atoms with Gasteiger partial charge in [-0.15, -0.1) is 0 Å². The van der Waals surface area contributed by atoms with E-state index in [0.717, 1.165) is 70.6 Å². The molecular formula is C20H40N4O2. The Hall–Kier alpha value is -0.850. The van der Waals surface area contributed by atoms with Crippen molar-refractivity contribution in [3.63, 3.8) is 0 Å². The van der Waals surface area contributed by atoms with Crippen molar-refractivity contribution in [3.8, 4) is 0 Å². The van der Waals surface area contributed by atoms with E-state index < -0.39 is 0 Å². The van der Waals surface area contributed by atoms with E-state index in [-0.39, 0.29) is 0 Å². The monoisotopic (exact) mass is 368 g/mol. The van der Waals surface area contributed by atoms with Crippen molar-refractivity contribution in [3.05, 3.63) is 0 Å². The number of likely N-dealkylation sites (tertiary alicyclic amines) is 1. The van der Waals surface area contributed by atoms with E-state index in [1.807, 2.05) is 0 Å². The minimum Gasteiger partial charge on any atom is -0.381 e. The Labute approximate surface area is 160 Å². The maximum absolute atomic E-state index is 5.90. The molecule has 2 saturated heterocycles. The van der Waals surface area contributed by atoms with Gasteiger partial charge in [0.25, 0.3) is 0 Å². The first kappa shape index (κ1) is 21.5. The third-order valence-corrected chi connectivity index (χ3v) is 5.26. The van der Waals surface area contributed by atoms with Crippen LogP contribution in [0.3, 0.4) is 0 Å². The van der Waals surface area contributed by atoms with Crippen LogP contribution in [0.2, 0.25) is 0 Å². The predicted octanol–water partition coefficient (Wildman–Crippen LogP) is 2.25. The number of ether oxygens (including phenoxy) is 2. The molecule has 2 heterocycles. The molecule has 0 bridgehead atoms. The molecule has 2 N–H and O–H groups in total. The first-order chi connectivity index (χ1) is 12.8. The Morgan fingerprint density at radius 3 is 2.62 bits per heavy atom. The van der Waals surface area contributed by atoms with Gasteiger partial charge in [-0.25, -0.2) is 0 Å². The zero-order chi connectivity index (χ0) is 18.5. The summed E-state index contributed by atoms with van der Waals surface area (Å²) in [7, 11) is 0. The van der Waals surface area contributed by atoms with Crippen molar-refractivity contribution in [1.82, 2.24) is 15.5 Å². The van der Waals surface area contributed by atoms with Crippen LogP contribution < -0.4 is 10.6 Å². The number of rotatable bonds is 10. The third-order valence-electron chi connectivity index (χ3n) is 5.26. The van der Waals surface area contributed by atoms with Gasteiger partial charge >= 0.3 is 0 Å². The Balaban J connectivity index is 1.52. The minimum absolute atomic E-state index is 0.386. The number of guanidine groups is 1. The lowest BCUT2D eigenvalue weighted by Crippen LogP contribution is -2.39. The first-order valence-corrected chi connectivity index (χ1v) is 10.7. The molecule has 26 heavy (non-hydrogen) atoms. The number of hydrogen-bond acceptors (Lipinski definition) is 4. The van der Waals surface area contributed by atoms with Gasteiger partial charge in [0, 0.05) is 39.5 Å². The van der Waals surface area contributed by atoms with Crippen LogP contribution in [0.4, 0.5) is 0 Å². The summed E-state index contributed by atoms with van der Waals surface area (Å²) in [6, 6.07) is 0. The van der Waals surface area contributed by atoms with Gasteiger partial charge in [0.15, 0.2) is 5.96 Å². The van der Waals surface area contributed by atoms with Crippen LogP contribution in [0.5, 0.6) is 0 Å². The van der Waals surface area contributed by atoms with E-state index in [1.165, 1.54) is 38.9 Å². The lowest BCUT2D eigenvalue weighted by atomic mass is 9.99. The summed E-state index contributed by atoms with van der Waals surface area (Å²) >= 11 is 0. The van der Waals surface area contributed by atoms with Crippen LogP contribution in [-0.4, -0.2) is 76.1 Å². The normalized spacial score (nSPS) is 21.1. The van der Waals surface area contributed by atoms with Crippen LogP contribution in [0, 0.1) is 5.92 Å². The molecular weight excluding hydrogens is 328 g/mol. The van der Waals surface area contributed by atoms with Gasteiger partial charge in [-0.05, 0) is 71.0 Å². The van der Waals surface area contributed by atoms with Crippen molar-refractivity contribution in [2.45, 2.75) is 58.5 Å². The van der Waals surface area contributed by atoms with Gasteiger partial charge in [0.1, 0.15) is 0 Å². The van der Waals surface area contributed by atoms with E-state index in [4.69, 9.17) is 9.47 Å². The lowest BCUT2D eigenvalue weighted by molar-refractivity contribution is -0.0318. The molecule has 0 aromatic carbocycles. The number of aliphatic imine (C=N–C) groups is 1. The Bertz CT molecular complexity index is 378. The summed E-state index contributed by atoms with van der Waals surface area (Å²) in [4.78, 5) is 7.26. The van der Waals surface area contributed by atoms with Gasteiger partial charge in [-0.1, -0.05) is 6.92 Å². The second-order valence-corrected chi connectivity index (χ2v) is 7.60. The molecule has 152 valence electrons. The van der Waals surface area contributed by atoms with E-state index in [1.54, 1.807) is 0 Å². The second kappa shape index (κ2) is 13.3. The van der Waals surface area contributed by atoms with Crippen LogP contribution in [0.1, 0.15) is 52.4 Å².